The molecule has 0 unspecified atom stereocenters. The molecule has 26 heavy (non-hydrogen) atoms. The minimum atomic E-state index is -3.54. The lowest BCUT2D eigenvalue weighted by molar-refractivity contribution is 0.318. The third-order valence-electron chi connectivity index (χ3n) is 3.84. The summed E-state index contributed by atoms with van der Waals surface area (Å²) in [5, 5.41) is 10.2. The summed E-state index contributed by atoms with van der Waals surface area (Å²) in [6.07, 6.45) is 1.49. The van der Waals surface area contributed by atoms with Crippen LogP contribution in [-0.2, 0) is 10.0 Å². The van der Waals surface area contributed by atoms with Crippen molar-refractivity contribution in [1.29, 1.82) is 0 Å². The van der Waals surface area contributed by atoms with E-state index >= 15 is 0 Å². The summed E-state index contributed by atoms with van der Waals surface area (Å²) in [6.45, 7) is 6.70. The third kappa shape index (κ3) is 4.42. The number of aliphatic imine (C=N–C) groups is 1. The zero-order chi connectivity index (χ0) is 19.2. The fourth-order valence-corrected chi connectivity index (χ4v) is 3.99. The van der Waals surface area contributed by atoms with E-state index in [-0.39, 0.29) is 10.6 Å². The Morgan fingerprint density at radius 3 is 2.46 bits per heavy atom. The predicted molar refractivity (Wildman–Crippen MR) is 103 cm³/mol. The third-order valence-corrected chi connectivity index (χ3v) is 5.89. The first kappa shape index (κ1) is 19.9. The van der Waals surface area contributed by atoms with Gasteiger partial charge >= 0.3 is 0 Å². The van der Waals surface area contributed by atoms with Gasteiger partial charge in [0, 0.05) is 24.9 Å². The summed E-state index contributed by atoms with van der Waals surface area (Å²) in [5.74, 6) is 0.388. The lowest BCUT2D eigenvalue weighted by atomic mass is 10.2. The molecule has 1 N–H and O–H groups in total. The molecule has 6 nitrogen and oxygen atoms in total. The van der Waals surface area contributed by atoms with Crippen LogP contribution >= 0.6 is 0 Å². The highest BCUT2D eigenvalue weighted by atomic mass is 32.2. The smallest absolute Gasteiger partial charge is 0.243 e. The first-order valence-electron chi connectivity index (χ1n) is 8.53. The number of hydrogen-bond donors (Lipinski definition) is 1. The molecule has 0 amide bonds. The monoisotopic (exact) mass is 376 g/mol. The van der Waals surface area contributed by atoms with Gasteiger partial charge in [-0.1, -0.05) is 26.0 Å². The highest BCUT2D eigenvalue weighted by Crippen LogP contribution is 2.29. The number of sulfonamides is 1. The summed E-state index contributed by atoms with van der Waals surface area (Å²) < 4.78 is 32.0. The van der Waals surface area contributed by atoms with E-state index in [1.807, 2.05) is 6.92 Å². The Morgan fingerprint density at radius 1 is 1.12 bits per heavy atom. The first-order chi connectivity index (χ1) is 12.4. The molecule has 2 aromatic rings. The zero-order valence-corrected chi connectivity index (χ0v) is 16.0. The SMILES string of the molecule is CCOc1cccc(C=Nc2cccc(S(=O)(=O)N(CC)CC)c2)c1O. The van der Waals surface area contributed by atoms with Gasteiger partial charge in [-0.3, -0.25) is 4.99 Å². The van der Waals surface area contributed by atoms with Gasteiger partial charge in [-0.25, -0.2) is 8.42 Å². The molecule has 0 heterocycles. The van der Waals surface area contributed by atoms with Crippen molar-refractivity contribution in [3.8, 4) is 11.5 Å². The van der Waals surface area contributed by atoms with Crippen LogP contribution in [0.2, 0.25) is 0 Å². The second-order valence-corrected chi connectivity index (χ2v) is 7.41. The average molecular weight is 376 g/mol. The van der Waals surface area contributed by atoms with Crippen LogP contribution in [0.1, 0.15) is 26.3 Å². The topological polar surface area (TPSA) is 79.2 Å². The van der Waals surface area contributed by atoms with Gasteiger partial charge in [0.25, 0.3) is 0 Å². The van der Waals surface area contributed by atoms with Crippen molar-refractivity contribution in [3.63, 3.8) is 0 Å². The van der Waals surface area contributed by atoms with Crippen LogP contribution in [0.25, 0.3) is 0 Å². The summed E-state index contributed by atoms with van der Waals surface area (Å²) in [7, 11) is -3.54. The summed E-state index contributed by atoms with van der Waals surface area (Å²) in [4.78, 5) is 4.50. The van der Waals surface area contributed by atoms with Crippen LogP contribution in [0.4, 0.5) is 5.69 Å². The van der Waals surface area contributed by atoms with E-state index in [0.717, 1.165) is 0 Å². The lowest BCUT2D eigenvalue weighted by Crippen LogP contribution is -2.30. The number of rotatable bonds is 8. The second kappa shape index (κ2) is 8.82. The molecule has 2 rings (SSSR count). The molecule has 0 saturated heterocycles. The quantitative estimate of drug-likeness (QED) is 0.714. The Labute approximate surface area is 154 Å². The van der Waals surface area contributed by atoms with Gasteiger partial charge in [0.15, 0.2) is 11.5 Å². The van der Waals surface area contributed by atoms with Crippen molar-refractivity contribution >= 4 is 21.9 Å². The number of phenolic OH excluding ortho intramolecular Hbond substituents is 1. The molecular weight excluding hydrogens is 352 g/mol. The Kier molecular flexibility index (Phi) is 6.76. The van der Waals surface area contributed by atoms with Crippen LogP contribution < -0.4 is 4.74 Å². The van der Waals surface area contributed by atoms with E-state index in [0.29, 0.717) is 36.7 Å². The van der Waals surface area contributed by atoms with Gasteiger partial charge in [-0.2, -0.15) is 4.31 Å². The summed E-state index contributed by atoms with van der Waals surface area (Å²) in [6, 6.07) is 11.6. The molecule has 140 valence electrons. The van der Waals surface area contributed by atoms with E-state index in [1.54, 1.807) is 50.2 Å². The van der Waals surface area contributed by atoms with E-state index in [2.05, 4.69) is 4.99 Å². The number of nitrogens with zero attached hydrogens (tertiary/aromatic N) is 2. The summed E-state index contributed by atoms with van der Waals surface area (Å²) in [5.41, 5.74) is 0.979. The van der Waals surface area contributed by atoms with Gasteiger partial charge in [0.1, 0.15) is 0 Å². The molecule has 0 aliphatic rings. The highest BCUT2D eigenvalue weighted by Gasteiger charge is 2.21. The Hall–Kier alpha value is -2.38. The largest absolute Gasteiger partial charge is 0.504 e. The fraction of sp³-hybridized carbons (Fsp3) is 0.316. The van der Waals surface area contributed by atoms with E-state index in [4.69, 9.17) is 4.74 Å². The Balaban J connectivity index is 2.32. The second-order valence-electron chi connectivity index (χ2n) is 5.47. The maximum absolute atomic E-state index is 12.6. The van der Waals surface area contributed by atoms with Crippen LogP contribution in [0.15, 0.2) is 52.4 Å². The van der Waals surface area contributed by atoms with Gasteiger partial charge in [-0.05, 0) is 37.3 Å². The summed E-state index contributed by atoms with van der Waals surface area (Å²) >= 11 is 0. The number of para-hydroxylation sites is 1. The number of aromatic hydroxyl groups is 1. The molecule has 0 bridgehead atoms. The van der Waals surface area contributed by atoms with E-state index in [1.165, 1.54) is 16.6 Å². The molecule has 0 radical (unpaired) electrons. The zero-order valence-electron chi connectivity index (χ0n) is 15.2. The highest BCUT2D eigenvalue weighted by molar-refractivity contribution is 7.89. The van der Waals surface area contributed by atoms with Crippen molar-refractivity contribution in [1.82, 2.24) is 4.31 Å². The van der Waals surface area contributed by atoms with Gasteiger partial charge in [0.2, 0.25) is 10.0 Å². The van der Waals surface area contributed by atoms with Crippen molar-refractivity contribution in [3.05, 3.63) is 48.0 Å². The van der Waals surface area contributed by atoms with Crippen LogP contribution in [-0.4, -0.2) is 43.7 Å². The first-order valence-corrected chi connectivity index (χ1v) is 9.97. The molecule has 2 aromatic carbocycles. The maximum atomic E-state index is 12.6. The van der Waals surface area contributed by atoms with Crippen molar-refractivity contribution in [2.45, 2.75) is 25.7 Å². The molecule has 0 atom stereocenters. The number of hydrogen-bond acceptors (Lipinski definition) is 5. The van der Waals surface area contributed by atoms with Crippen molar-refractivity contribution in [2.24, 2.45) is 4.99 Å². The van der Waals surface area contributed by atoms with E-state index < -0.39 is 10.0 Å². The van der Waals surface area contributed by atoms with Gasteiger partial charge in [-0.15, -0.1) is 0 Å². The minimum Gasteiger partial charge on any atom is -0.504 e. The molecule has 0 aromatic heterocycles. The molecule has 0 fully saturated rings. The van der Waals surface area contributed by atoms with Gasteiger partial charge in [0.05, 0.1) is 17.2 Å². The maximum Gasteiger partial charge on any atom is 0.243 e. The fourth-order valence-electron chi connectivity index (χ4n) is 2.50. The predicted octanol–water partition coefficient (Wildman–Crippen LogP) is 3.57. The molecule has 0 aliphatic heterocycles. The Bertz CT molecular complexity index is 875. The Morgan fingerprint density at radius 2 is 1.81 bits per heavy atom. The average Bonchev–Trinajstić information content (AvgIpc) is 2.63. The molecule has 0 spiro atoms. The normalized spacial score (nSPS) is 12.0. The number of benzene rings is 2. The van der Waals surface area contributed by atoms with Gasteiger partial charge < -0.3 is 9.84 Å². The molecule has 0 aliphatic carbocycles. The van der Waals surface area contributed by atoms with Crippen LogP contribution in [0, 0.1) is 0 Å². The van der Waals surface area contributed by atoms with Crippen LogP contribution in [0.5, 0.6) is 11.5 Å². The number of ether oxygens (including phenoxy) is 1. The lowest BCUT2D eigenvalue weighted by Gasteiger charge is -2.18. The number of phenols is 1. The molecule has 0 saturated carbocycles. The minimum absolute atomic E-state index is 0.00465. The standard InChI is InChI=1S/C19H24N2O4S/c1-4-21(5-2)26(23,24)17-11-8-10-16(13-17)20-14-15-9-7-12-18(19(15)22)25-6-3/h7-14,22H,4-6H2,1-3H3. The van der Waals surface area contributed by atoms with E-state index in [9.17, 15) is 13.5 Å². The molecular formula is C19H24N2O4S. The van der Waals surface area contributed by atoms with Crippen molar-refractivity contribution < 1.29 is 18.3 Å². The van der Waals surface area contributed by atoms with Crippen LogP contribution in [0.3, 0.4) is 0 Å². The van der Waals surface area contributed by atoms with Crippen molar-refractivity contribution in [2.75, 3.05) is 19.7 Å². The molecule has 7 heteroatoms.